The van der Waals surface area contributed by atoms with Crippen molar-refractivity contribution in [2.24, 2.45) is 0 Å². The SMILES string of the molecule is Cc1c(CC(=O)c2ccc(CN(CCO)C(=O)OC(C)(C)C)cn2)cccc1-c1cccc(NC(=O)c2ccc(CN(C)CCO)cn2)c1C. The molecule has 0 saturated heterocycles. The summed E-state index contributed by atoms with van der Waals surface area (Å²) < 4.78 is 5.45. The maximum absolute atomic E-state index is 13.3. The van der Waals surface area contributed by atoms with Gasteiger partial charge in [0.2, 0.25) is 0 Å². The second-order valence-corrected chi connectivity index (χ2v) is 13.3. The van der Waals surface area contributed by atoms with E-state index in [1.165, 1.54) is 4.90 Å². The zero-order chi connectivity index (χ0) is 36.4. The molecule has 2 aromatic heterocycles. The van der Waals surface area contributed by atoms with Gasteiger partial charge in [-0.3, -0.25) is 24.5 Å². The largest absolute Gasteiger partial charge is 0.444 e. The molecule has 0 saturated carbocycles. The van der Waals surface area contributed by atoms with Crippen LogP contribution < -0.4 is 5.32 Å². The van der Waals surface area contributed by atoms with E-state index in [-0.39, 0.29) is 44.4 Å². The zero-order valence-corrected chi connectivity index (χ0v) is 29.7. The van der Waals surface area contributed by atoms with Crippen LogP contribution in [0.1, 0.15) is 69.6 Å². The van der Waals surface area contributed by atoms with Crippen LogP contribution in [0.3, 0.4) is 0 Å². The van der Waals surface area contributed by atoms with E-state index >= 15 is 0 Å². The van der Waals surface area contributed by atoms with E-state index in [9.17, 15) is 19.5 Å². The summed E-state index contributed by atoms with van der Waals surface area (Å²) in [7, 11) is 1.91. The Morgan fingerprint density at radius 1 is 0.780 bits per heavy atom. The summed E-state index contributed by atoms with van der Waals surface area (Å²) >= 11 is 0. The average Bonchev–Trinajstić information content (AvgIpc) is 3.06. The summed E-state index contributed by atoms with van der Waals surface area (Å²) in [5.74, 6) is -0.464. The number of carbonyl (C=O) groups excluding carboxylic acids is 3. The first kappa shape index (κ1) is 37.8. The Morgan fingerprint density at radius 2 is 1.38 bits per heavy atom. The Labute approximate surface area is 294 Å². The van der Waals surface area contributed by atoms with Crippen molar-refractivity contribution in [1.82, 2.24) is 19.8 Å². The van der Waals surface area contributed by atoms with Gasteiger partial charge in [0.25, 0.3) is 5.91 Å². The summed E-state index contributed by atoms with van der Waals surface area (Å²) in [4.78, 5) is 51.2. The molecule has 4 rings (SSSR count). The van der Waals surface area contributed by atoms with Gasteiger partial charge < -0.3 is 25.2 Å². The molecule has 0 aliphatic rings. The fourth-order valence-electron chi connectivity index (χ4n) is 5.48. The van der Waals surface area contributed by atoms with Gasteiger partial charge in [0.1, 0.15) is 17.0 Å². The lowest BCUT2D eigenvalue weighted by molar-refractivity contribution is 0.0201. The highest BCUT2D eigenvalue weighted by molar-refractivity contribution is 6.04. The van der Waals surface area contributed by atoms with Gasteiger partial charge in [-0.2, -0.15) is 0 Å². The van der Waals surface area contributed by atoms with Crippen molar-refractivity contribution in [3.05, 3.63) is 112 Å². The molecule has 2 heterocycles. The molecule has 0 unspecified atom stereocenters. The van der Waals surface area contributed by atoms with Crippen molar-refractivity contribution in [1.29, 1.82) is 0 Å². The van der Waals surface area contributed by atoms with E-state index in [0.717, 1.165) is 33.4 Å². The molecule has 0 aliphatic heterocycles. The number of pyridine rings is 2. The highest BCUT2D eigenvalue weighted by atomic mass is 16.6. The molecule has 11 heteroatoms. The minimum Gasteiger partial charge on any atom is -0.444 e. The van der Waals surface area contributed by atoms with Crippen LogP contribution in [0.5, 0.6) is 0 Å². The van der Waals surface area contributed by atoms with Crippen LogP contribution in [-0.4, -0.2) is 86.7 Å². The molecule has 50 heavy (non-hydrogen) atoms. The highest BCUT2D eigenvalue weighted by Crippen LogP contribution is 2.32. The molecule has 11 nitrogen and oxygen atoms in total. The second-order valence-electron chi connectivity index (χ2n) is 13.3. The Balaban J connectivity index is 1.45. The van der Waals surface area contributed by atoms with E-state index in [2.05, 4.69) is 15.3 Å². The van der Waals surface area contributed by atoms with Crippen LogP contribution >= 0.6 is 0 Å². The van der Waals surface area contributed by atoms with Gasteiger partial charge in [-0.25, -0.2) is 4.79 Å². The lowest BCUT2D eigenvalue weighted by Crippen LogP contribution is -2.38. The zero-order valence-electron chi connectivity index (χ0n) is 29.7. The van der Waals surface area contributed by atoms with Gasteiger partial charge in [-0.05, 0) is 98.8 Å². The second kappa shape index (κ2) is 17.1. The monoisotopic (exact) mass is 681 g/mol. The predicted molar refractivity (Wildman–Crippen MR) is 193 cm³/mol. The fourth-order valence-corrected chi connectivity index (χ4v) is 5.48. The van der Waals surface area contributed by atoms with Crippen molar-refractivity contribution < 1.29 is 29.3 Å². The van der Waals surface area contributed by atoms with E-state index in [0.29, 0.717) is 35.7 Å². The number of anilines is 1. The number of aliphatic hydroxyl groups excluding tert-OH is 2. The Bertz CT molecular complexity index is 1780. The number of aromatic nitrogens is 2. The minimum atomic E-state index is -0.669. The molecule has 0 spiro atoms. The Hall–Kier alpha value is -4.97. The number of amides is 2. The molecule has 264 valence electrons. The molecule has 3 N–H and O–H groups in total. The smallest absolute Gasteiger partial charge is 0.410 e. The first-order chi connectivity index (χ1) is 23.8. The normalized spacial score (nSPS) is 11.4. The van der Waals surface area contributed by atoms with Crippen LogP contribution in [-0.2, 0) is 24.2 Å². The molecule has 0 aliphatic carbocycles. The first-order valence-corrected chi connectivity index (χ1v) is 16.6. The number of hydrogen-bond donors (Lipinski definition) is 3. The van der Waals surface area contributed by atoms with E-state index < -0.39 is 11.7 Å². The fraction of sp³-hybridized carbons (Fsp3) is 0.359. The van der Waals surface area contributed by atoms with Gasteiger partial charge >= 0.3 is 6.09 Å². The minimum absolute atomic E-state index is 0.0739. The predicted octanol–water partition coefficient (Wildman–Crippen LogP) is 5.59. The number of aliphatic hydroxyl groups is 2. The molecule has 0 radical (unpaired) electrons. The third kappa shape index (κ3) is 10.3. The number of hydrogen-bond acceptors (Lipinski definition) is 9. The average molecular weight is 682 g/mol. The molecular weight excluding hydrogens is 634 g/mol. The molecule has 4 aromatic rings. The van der Waals surface area contributed by atoms with Crippen LogP contribution in [0.4, 0.5) is 10.5 Å². The van der Waals surface area contributed by atoms with Gasteiger partial charge in [-0.15, -0.1) is 0 Å². The molecule has 2 aromatic carbocycles. The summed E-state index contributed by atoms with van der Waals surface area (Å²) in [5, 5.41) is 21.6. The van der Waals surface area contributed by atoms with E-state index in [1.54, 1.807) is 51.4 Å². The quantitative estimate of drug-likeness (QED) is 0.145. The summed E-state index contributed by atoms with van der Waals surface area (Å²) in [6.07, 6.45) is 2.85. The van der Waals surface area contributed by atoms with Crippen molar-refractivity contribution in [3.8, 4) is 11.1 Å². The van der Waals surface area contributed by atoms with Gasteiger partial charge in [0.15, 0.2) is 5.78 Å². The molecule has 0 bridgehead atoms. The number of ketones is 1. The third-order valence-corrected chi connectivity index (χ3v) is 8.17. The van der Waals surface area contributed by atoms with Crippen molar-refractivity contribution in [3.63, 3.8) is 0 Å². The standard InChI is InChI=1S/C39H47N5O6/c1-26-30(21-36(47)34-15-13-29(23-40-34)25-44(18-20-46)38(49)50-39(3,4)5)9-7-10-31(26)32-11-8-12-33(27(32)2)42-37(48)35-16-14-28(22-41-35)24-43(6)17-19-45/h7-16,22-23,45-46H,17-21,24-25H2,1-6H3,(H,42,48). The Morgan fingerprint density at radius 3 is 1.98 bits per heavy atom. The van der Waals surface area contributed by atoms with Crippen LogP contribution in [0.15, 0.2) is 73.1 Å². The molecule has 0 atom stereocenters. The number of carbonyl (C=O) groups is 3. The van der Waals surface area contributed by atoms with Gasteiger partial charge in [0.05, 0.1) is 19.8 Å². The number of ether oxygens (including phenoxy) is 1. The molecule has 2 amide bonds. The van der Waals surface area contributed by atoms with E-state index in [4.69, 9.17) is 9.84 Å². The van der Waals surface area contributed by atoms with Gasteiger partial charge in [-0.1, -0.05) is 42.5 Å². The van der Waals surface area contributed by atoms with Crippen LogP contribution in [0, 0.1) is 13.8 Å². The maximum atomic E-state index is 13.3. The first-order valence-electron chi connectivity index (χ1n) is 16.6. The number of benzene rings is 2. The lowest BCUT2D eigenvalue weighted by Gasteiger charge is -2.27. The Kier molecular flexibility index (Phi) is 12.9. The highest BCUT2D eigenvalue weighted by Gasteiger charge is 2.22. The molecule has 0 fully saturated rings. The summed E-state index contributed by atoms with van der Waals surface area (Å²) in [6.45, 7) is 10.6. The number of nitrogens with zero attached hydrogens (tertiary/aromatic N) is 4. The number of Topliss-reactive ketones (excluding diaryl/α,β-unsaturated/α-hetero) is 1. The number of nitrogens with one attached hydrogen (secondary N) is 1. The summed E-state index contributed by atoms with van der Waals surface area (Å²) in [5.41, 5.74) is 6.83. The number of rotatable bonds is 14. The molecular formula is C39H47N5O6. The number of likely N-dealkylation sites (N-methyl/N-ethyl adjacent to an activating group) is 1. The topological polar surface area (TPSA) is 145 Å². The van der Waals surface area contributed by atoms with Crippen LogP contribution in [0.2, 0.25) is 0 Å². The van der Waals surface area contributed by atoms with Crippen molar-refractivity contribution >= 4 is 23.5 Å². The van der Waals surface area contributed by atoms with Crippen molar-refractivity contribution in [2.75, 3.05) is 38.7 Å². The van der Waals surface area contributed by atoms with Crippen molar-refractivity contribution in [2.45, 2.75) is 59.7 Å². The third-order valence-electron chi connectivity index (χ3n) is 8.17. The lowest BCUT2D eigenvalue weighted by atomic mass is 9.91. The maximum Gasteiger partial charge on any atom is 0.410 e. The summed E-state index contributed by atoms with van der Waals surface area (Å²) in [6, 6.07) is 18.5. The van der Waals surface area contributed by atoms with E-state index in [1.807, 2.05) is 68.3 Å². The van der Waals surface area contributed by atoms with Gasteiger partial charge in [0, 0.05) is 44.1 Å². The van der Waals surface area contributed by atoms with Crippen LogP contribution in [0.25, 0.3) is 11.1 Å².